The van der Waals surface area contributed by atoms with Crippen molar-refractivity contribution in [3.8, 4) is 11.5 Å². The van der Waals surface area contributed by atoms with Gasteiger partial charge in [0, 0.05) is 21.2 Å². The Morgan fingerprint density at radius 3 is 2.61 bits per heavy atom. The van der Waals surface area contributed by atoms with Gasteiger partial charge in [-0.15, -0.1) is 0 Å². The van der Waals surface area contributed by atoms with Gasteiger partial charge in [-0.3, -0.25) is 4.98 Å². The lowest BCUT2D eigenvalue weighted by molar-refractivity contribution is 0.390. The molecule has 118 valence electrons. The van der Waals surface area contributed by atoms with E-state index < -0.39 is 28.9 Å². The summed E-state index contributed by atoms with van der Waals surface area (Å²) in [6.07, 6.45) is 1.45. The topological polar surface area (TPSA) is 48.1 Å². The number of nitrogens with two attached hydrogens (primary N) is 1. The first-order chi connectivity index (χ1) is 10.9. The Labute approximate surface area is 143 Å². The highest BCUT2D eigenvalue weighted by molar-refractivity contribution is 14.1. The summed E-state index contributed by atoms with van der Waals surface area (Å²) in [6, 6.07) is 5.77. The molecule has 7 heteroatoms. The average Bonchev–Trinajstić information content (AvgIpc) is 2.51. The molecule has 0 aliphatic rings. The fourth-order valence-corrected chi connectivity index (χ4v) is 2.59. The molecule has 0 radical (unpaired) electrons. The fraction of sp³-hybridized carbons (Fsp3) is 0.0625. The fourth-order valence-electron chi connectivity index (χ4n) is 2.14. The number of benzene rings is 2. The van der Waals surface area contributed by atoms with Gasteiger partial charge in [0.2, 0.25) is 11.6 Å². The number of aryl methyl sites for hydroxylation is 1. The molecule has 0 atom stereocenters. The maximum atomic E-state index is 13.9. The predicted octanol–water partition coefficient (Wildman–Crippen LogP) is 4.94. The summed E-state index contributed by atoms with van der Waals surface area (Å²) < 4.78 is 47.6. The lowest BCUT2D eigenvalue weighted by Gasteiger charge is -2.12. The number of nitrogens with zero attached hydrogens (tertiary/aromatic N) is 1. The Morgan fingerprint density at radius 2 is 1.87 bits per heavy atom. The Kier molecular flexibility index (Phi) is 4.05. The smallest absolute Gasteiger partial charge is 0.206 e. The Balaban J connectivity index is 2.17. The zero-order valence-electron chi connectivity index (χ0n) is 11.8. The van der Waals surface area contributed by atoms with E-state index in [-0.39, 0.29) is 5.75 Å². The molecule has 0 fully saturated rings. The number of anilines is 1. The lowest BCUT2D eigenvalue weighted by atomic mass is 10.1. The Bertz CT molecular complexity index is 931. The number of rotatable bonds is 2. The third-order valence-electron chi connectivity index (χ3n) is 3.34. The van der Waals surface area contributed by atoms with Crippen molar-refractivity contribution in [2.24, 2.45) is 0 Å². The van der Waals surface area contributed by atoms with Gasteiger partial charge in [-0.1, -0.05) is 0 Å². The van der Waals surface area contributed by atoms with Gasteiger partial charge in [-0.25, -0.2) is 8.78 Å². The standard InChI is InChI=1S/C16H10F3IN2O/c1-7-4-8-12(6-10(7)20)22-3-2-13(8)23-16-9(17)5-11(21)14(18)15(16)19/h2-6H,21H2,1H3. The summed E-state index contributed by atoms with van der Waals surface area (Å²) in [6.45, 7) is 1.89. The van der Waals surface area contributed by atoms with Gasteiger partial charge >= 0.3 is 0 Å². The molecule has 0 unspecified atom stereocenters. The van der Waals surface area contributed by atoms with Gasteiger partial charge in [0.1, 0.15) is 5.75 Å². The molecule has 3 nitrogen and oxygen atoms in total. The van der Waals surface area contributed by atoms with Crippen LogP contribution in [0.5, 0.6) is 11.5 Å². The van der Waals surface area contributed by atoms with Gasteiger partial charge < -0.3 is 10.5 Å². The van der Waals surface area contributed by atoms with Gasteiger partial charge in [0.25, 0.3) is 0 Å². The molecule has 0 aliphatic carbocycles. The van der Waals surface area contributed by atoms with E-state index in [0.29, 0.717) is 17.0 Å². The van der Waals surface area contributed by atoms with Crippen LogP contribution < -0.4 is 10.5 Å². The maximum absolute atomic E-state index is 13.9. The number of halogens is 4. The van der Waals surface area contributed by atoms with Gasteiger partial charge in [-0.2, -0.15) is 4.39 Å². The molecule has 0 aliphatic heterocycles. The van der Waals surface area contributed by atoms with Crippen molar-refractivity contribution in [3.05, 3.63) is 57.0 Å². The second-order valence-corrected chi connectivity index (χ2v) is 6.10. The van der Waals surface area contributed by atoms with Crippen LogP contribution in [0.2, 0.25) is 0 Å². The highest BCUT2D eigenvalue weighted by Gasteiger charge is 2.20. The van der Waals surface area contributed by atoms with Gasteiger partial charge in [0.05, 0.1) is 11.2 Å². The van der Waals surface area contributed by atoms with E-state index in [0.717, 1.165) is 9.13 Å². The van der Waals surface area contributed by atoms with E-state index in [1.807, 2.05) is 13.0 Å². The normalized spacial score (nSPS) is 11.0. The molecule has 1 heterocycles. The molecule has 2 aromatic carbocycles. The minimum absolute atomic E-state index is 0.177. The zero-order chi connectivity index (χ0) is 16.7. The van der Waals surface area contributed by atoms with Crippen molar-refractivity contribution in [2.45, 2.75) is 6.92 Å². The number of hydrogen-bond acceptors (Lipinski definition) is 3. The van der Waals surface area contributed by atoms with Crippen LogP contribution in [0.4, 0.5) is 18.9 Å². The molecule has 0 saturated heterocycles. The van der Waals surface area contributed by atoms with Crippen LogP contribution >= 0.6 is 22.6 Å². The number of aromatic nitrogens is 1. The monoisotopic (exact) mass is 430 g/mol. The molecule has 3 aromatic rings. The van der Waals surface area contributed by atoms with Crippen LogP contribution in [0.1, 0.15) is 5.56 Å². The third-order valence-corrected chi connectivity index (χ3v) is 4.50. The van der Waals surface area contributed by atoms with Crippen LogP contribution in [0, 0.1) is 27.9 Å². The molecule has 3 rings (SSSR count). The molecule has 0 spiro atoms. The maximum Gasteiger partial charge on any atom is 0.206 e. The Hall–Kier alpha value is -2.03. The van der Waals surface area contributed by atoms with Crippen molar-refractivity contribution in [1.82, 2.24) is 4.98 Å². The number of fused-ring (bicyclic) bond motifs is 1. The first kappa shape index (κ1) is 15.9. The molecule has 0 amide bonds. The van der Waals surface area contributed by atoms with Crippen LogP contribution in [0.3, 0.4) is 0 Å². The van der Waals surface area contributed by atoms with E-state index in [9.17, 15) is 13.2 Å². The summed E-state index contributed by atoms with van der Waals surface area (Å²) >= 11 is 2.16. The van der Waals surface area contributed by atoms with Crippen LogP contribution in [0.15, 0.2) is 30.5 Å². The van der Waals surface area contributed by atoms with Crippen molar-refractivity contribution < 1.29 is 17.9 Å². The van der Waals surface area contributed by atoms with Gasteiger partial charge in [0.15, 0.2) is 11.6 Å². The summed E-state index contributed by atoms with van der Waals surface area (Å²) in [7, 11) is 0. The lowest BCUT2D eigenvalue weighted by Crippen LogP contribution is -2.01. The largest absolute Gasteiger partial charge is 0.450 e. The second kappa shape index (κ2) is 5.88. The van der Waals surface area contributed by atoms with Crippen LogP contribution in [-0.2, 0) is 0 Å². The third kappa shape index (κ3) is 2.80. The molecule has 0 saturated carbocycles. The van der Waals surface area contributed by atoms with Crippen molar-refractivity contribution in [3.63, 3.8) is 0 Å². The molecule has 23 heavy (non-hydrogen) atoms. The number of hydrogen-bond donors (Lipinski definition) is 1. The summed E-state index contributed by atoms with van der Waals surface area (Å²) in [5.74, 6) is -4.54. The van der Waals surface area contributed by atoms with E-state index in [4.69, 9.17) is 10.5 Å². The summed E-state index contributed by atoms with van der Waals surface area (Å²) in [5.41, 5.74) is 6.14. The van der Waals surface area contributed by atoms with Crippen molar-refractivity contribution in [1.29, 1.82) is 0 Å². The number of ether oxygens (including phenoxy) is 1. The second-order valence-electron chi connectivity index (χ2n) is 4.93. The first-order valence-electron chi connectivity index (χ1n) is 6.54. The van der Waals surface area contributed by atoms with E-state index in [1.165, 1.54) is 12.3 Å². The SMILES string of the molecule is Cc1cc2c(Oc3c(F)cc(N)c(F)c3F)ccnc2cc1I. The highest BCUT2D eigenvalue weighted by Crippen LogP contribution is 2.35. The number of pyridine rings is 1. The molecule has 0 bridgehead atoms. The summed E-state index contributed by atoms with van der Waals surface area (Å²) in [5, 5.41) is 0.571. The highest BCUT2D eigenvalue weighted by atomic mass is 127. The molecule has 1 aromatic heterocycles. The predicted molar refractivity (Wildman–Crippen MR) is 90.0 cm³/mol. The molecule has 2 N–H and O–H groups in total. The van der Waals surface area contributed by atoms with E-state index in [2.05, 4.69) is 27.6 Å². The Morgan fingerprint density at radius 1 is 1.13 bits per heavy atom. The number of nitrogen functional groups attached to an aromatic ring is 1. The minimum atomic E-state index is -1.46. The molecular formula is C16H10F3IN2O. The molecular weight excluding hydrogens is 420 g/mol. The van der Waals surface area contributed by atoms with Crippen molar-refractivity contribution in [2.75, 3.05) is 5.73 Å². The van der Waals surface area contributed by atoms with Crippen LogP contribution in [0.25, 0.3) is 10.9 Å². The van der Waals surface area contributed by atoms with Gasteiger partial charge in [-0.05, 0) is 53.3 Å². The van der Waals surface area contributed by atoms with Crippen LogP contribution in [-0.4, -0.2) is 4.98 Å². The minimum Gasteiger partial charge on any atom is -0.450 e. The first-order valence-corrected chi connectivity index (χ1v) is 7.62. The van der Waals surface area contributed by atoms with E-state index in [1.54, 1.807) is 6.07 Å². The van der Waals surface area contributed by atoms with Crippen molar-refractivity contribution >= 4 is 39.2 Å². The summed E-state index contributed by atoms with van der Waals surface area (Å²) in [4.78, 5) is 4.20. The zero-order valence-corrected chi connectivity index (χ0v) is 14.0. The average molecular weight is 430 g/mol. The van der Waals surface area contributed by atoms with E-state index >= 15 is 0 Å². The quantitative estimate of drug-likeness (QED) is 0.356.